The summed E-state index contributed by atoms with van der Waals surface area (Å²) in [7, 11) is 1.60. The highest BCUT2D eigenvalue weighted by Crippen LogP contribution is 2.23. The summed E-state index contributed by atoms with van der Waals surface area (Å²) in [4.78, 5) is 28.0. The Balaban J connectivity index is 1.39. The molecule has 1 aromatic heterocycles. The lowest BCUT2D eigenvalue weighted by Gasteiger charge is -2.09. The molecule has 3 aromatic rings. The summed E-state index contributed by atoms with van der Waals surface area (Å²) in [5.41, 5.74) is 7.77. The van der Waals surface area contributed by atoms with Crippen molar-refractivity contribution < 1.29 is 23.5 Å². The highest BCUT2D eigenvalue weighted by Gasteiger charge is 2.10. The number of methoxy groups -OCH3 is 1. The number of carbonyl (C=O) groups is 2. The number of aryl methyl sites for hydroxylation is 3. The van der Waals surface area contributed by atoms with Gasteiger partial charge in [-0.2, -0.15) is 0 Å². The van der Waals surface area contributed by atoms with Gasteiger partial charge in [0.25, 0.3) is 5.91 Å². The normalized spacial score (nSPS) is 10.4. The zero-order valence-electron chi connectivity index (χ0n) is 17.7. The van der Waals surface area contributed by atoms with Crippen LogP contribution in [-0.2, 0) is 16.0 Å². The zero-order valence-corrected chi connectivity index (χ0v) is 17.7. The van der Waals surface area contributed by atoms with Crippen LogP contribution in [0.15, 0.2) is 53.1 Å². The molecule has 3 rings (SSSR count). The molecular weight excluding hydrogens is 398 g/mol. The summed E-state index contributed by atoms with van der Waals surface area (Å²) in [6.45, 7) is 3.77. The molecule has 2 amide bonds. The molecule has 0 aliphatic heterocycles. The summed E-state index contributed by atoms with van der Waals surface area (Å²) < 4.78 is 16.2. The molecule has 31 heavy (non-hydrogen) atoms. The second-order valence-electron chi connectivity index (χ2n) is 6.98. The number of hydrogen-bond donors (Lipinski definition) is 2. The molecule has 0 spiro atoms. The Morgan fingerprint density at radius 2 is 1.68 bits per heavy atom. The Morgan fingerprint density at radius 1 is 0.968 bits per heavy atom. The lowest BCUT2D eigenvalue weighted by atomic mass is 10.1. The highest BCUT2D eigenvalue weighted by atomic mass is 16.5. The molecule has 2 aromatic carbocycles. The number of ether oxygens (including phenoxy) is 2. The van der Waals surface area contributed by atoms with Crippen molar-refractivity contribution in [3.05, 3.63) is 65.7 Å². The maximum absolute atomic E-state index is 12.0. The first-order valence-electron chi connectivity index (χ1n) is 9.81. The zero-order chi connectivity index (χ0) is 22.2. The van der Waals surface area contributed by atoms with Crippen LogP contribution in [-0.4, -0.2) is 30.5 Å². The van der Waals surface area contributed by atoms with Crippen molar-refractivity contribution in [3.63, 3.8) is 0 Å². The van der Waals surface area contributed by atoms with Crippen molar-refractivity contribution in [2.24, 2.45) is 0 Å². The number of carbonyl (C=O) groups excluding carboxylic acids is 2. The Hall–Kier alpha value is -3.81. The molecule has 0 unspecified atom stereocenters. The fourth-order valence-electron chi connectivity index (χ4n) is 2.73. The van der Waals surface area contributed by atoms with Gasteiger partial charge in [-0.15, -0.1) is 0 Å². The predicted octanol–water partition coefficient (Wildman–Crippen LogP) is 3.13. The highest BCUT2D eigenvalue weighted by molar-refractivity contribution is 5.82. The van der Waals surface area contributed by atoms with Crippen molar-refractivity contribution in [1.29, 1.82) is 0 Å². The number of aromatic nitrogens is 1. The van der Waals surface area contributed by atoms with E-state index in [2.05, 4.69) is 15.8 Å². The monoisotopic (exact) mass is 423 g/mol. The van der Waals surface area contributed by atoms with E-state index >= 15 is 0 Å². The summed E-state index contributed by atoms with van der Waals surface area (Å²) in [5, 5.41) is 0. The van der Waals surface area contributed by atoms with Crippen molar-refractivity contribution in [3.8, 4) is 22.8 Å². The predicted molar refractivity (Wildman–Crippen MR) is 115 cm³/mol. The van der Waals surface area contributed by atoms with Gasteiger partial charge in [0.2, 0.25) is 5.91 Å². The van der Waals surface area contributed by atoms with Gasteiger partial charge in [-0.25, -0.2) is 4.98 Å². The molecule has 8 heteroatoms. The van der Waals surface area contributed by atoms with Gasteiger partial charge in [-0.1, -0.05) is 6.07 Å². The smallest absolute Gasteiger partial charge is 0.276 e. The van der Waals surface area contributed by atoms with Gasteiger partial charge in [0.15, 0.2) is 18.3 Å². The molecule has 0 saturated carbocycles. The van der Waals surface area contributed by atoms with Crippen LogP contribution in [0.3, 0.4) is 0 Å². The standard InChI is InChI=1S/C23H25N3O5/c1-15-4-7-19(12-16(15)2)30-14-22(28)26-25-21(27)10-11-23-24-13-20(31-23)17-5-8-18(29-3)9-6-17/h4-9,12-13H,10-11,14H2,1-3H3,(H,25,27)(H,26,28). The number of nitrogens with zero attached hydrogens (tertiary/aromatic N) is 1. The van der Waals surface area contributed by atoms with Crippen LogP contribution >= 0.6 is 0 Å². The maximum Gasteiger partial charge on any atom is 0.276 e. The van der Waals surface area contributed by atoms with E-state index in [-0.39, 0.29) is 18.9 Å². The summed E-state index contributed by atoms with van der Waals surface area (Å²) in [6.07, 6.45) is 2.03. The topological polar surface area (TPSA) is 103 Å². The number of hydrogen-bond acceptors (Lipinski definition) is 6. The first-order valence-corrected chi connectivity index (χ1v) is 9.81. The van der Waals surface area contributed by atoms with Crippen LogP contribution < -0.4 is 20.3 Å². The molecule has 0 fully saturated rings. The van der Waals surface area contributed by atoms with Crippen LogP contribution in [0.2, 0.25) is 0 Å². The maximum atomic E-state index is 12.0. The molecule has 2 N–H and O–H groups in total. The Labute approximate surface area is 180 Å². The van der Waals surface area contributed by atoms with Gasteiger partial charge >= 0.3 is 0 Å². The van der Waals surface area contributed by atoms with Gasteiger partial charge in [-0.3, -0.25) is 20.4 Å². The lowest BCUT2D eigenvalue weighted by molar-refractivity contribution is -0.130. The third-order valence-corrected chi connectivity index (χ3v) is 4.68. The van der Waals surface area contributed by atoms with Crippen LogP contribution in [0.25, 0.3) is 11.3 Å². The minimum Gasteiger partial charge on any atom is -0.497 e. The molecular formula is C23H25N3O5. The largest absolute Gasteiger partial charge is 0.497 e. The van der Waals surface area contributed by atoms with E-state index in [0.29, 0.717) is 23.8 Å². The van der Waals surface area contributed by atoms with Gasteiger partial charge in [0.05, 0.1) is 13.3 Å². The summed E-state index contributed by atoms with van der Waals surface area (Å²) >= 11 is 0. The van der Waals surface area contributed by atoms with E-state index < -0.39 is 5.91 Å². The van der Waals surface area contributed by atoms with Crippen LogP contribution in [0.1, 0.15) is 23.4 Å². The third-order valence-electron chi connectivity index (χ3n) is 4.68. The number of rotatable bonds is 8. The minimum atomic E-state index is -0.454. The fourth-order valence-corrected chi connectivity index (χ4v) is 2.73. The van der Waals surface area contributed by atoms with Crippen LogP contribution in [0, 0.1) is 13.8 Å². The number of hydrazine groups is 1. The Kier molecular flexibility index (Phi) is 7.26. The summed E-state index contributed by atoms with van der Waals surface area (Å²) in [5.74, 6) is 1.58. The van der Waals surface area contributed by atoms with Crippen LogP contribution in [0.5, 0.6) is 11.5 Å². The minimum absolute atomic E-state index is 0.112. The molecule has 0 bridgehead atoms. The first kappa shape index (κ1) is 21.9. The van der Waals surface area contributed by atoms with Gasteiger partial charge < -0.3 is 13.9 Å². The quantitative estimate of drug-likeness (QED) is 0.540. The second-order valence-corrected chi connectivity index (χ2v) is 6.98. The molecule has 0 atom stereocenters. The summed E-state index contributed by atoms with van der Waals surface area (Å²) in [6, 6.07) is 13.0. The van der Waals surface area contributed by atoms with Crippen molar-refractivity contribution in [2.75, 3.05) is 13.7 Å². The first-order chi connectivity index (χ1) is 14.9. The molecule has 8 nitrogen and oxygen atoms in total. The van der Waals surface area contributed by atoms with Gasteiger partial charge in [0, 0.05) is 18.4 Å². The molecule has 0 saturated heterocycles. The van der Waals surface area contributed by atoms with E-state index in [9.17, 15) is 9.59 Å². The van der Waals surface area contributed by atoms with Crippen molar-refractivity contribution >= 4 is 11.8 Å². The van der Waals surface area contributed by atoms with E-state index in [1.807, 2.05) is 50.2 Å². The average molecular weight is 423 g/mol. The Bertz CT molecular complexity index is 1040. The SMILES string of the molecule is COc1ccc(-c2cnc(CCC(=O)NNC(=O)COc3ccc(C)c(C)c3)o2)cc1. The van der Waals surface area contributed by atoms with Crippen LogP contribution in [0.4, 0.5) is 0 Å². The van der Waals surface area contributed by atoms with Gasteiger partial charge in [0.1, 0.15) is 11.5 Å². The number of benzene rings is 2. The average Bonchev–Trinajstić information content (AvgIpc) is 3.26. The molecule has 0 radical (unpaired) electrons. The Morgan fingerprint density at radius 3 is 2.39 bits per heavy atom. The second kappa shape index (κ2) is 10.3. The van der Waals surface area contributed by atoms with Gasteiger partial charge in [-0.05, 0) is 61.4 Å². The molecule has 0 aliphatic carbocycles. The number of oxazole rings is 1. The third kappa shape index (κ3) is 6.33. The number of amides is 2. The van der Waals surface area contributed by atoms with Crippen molar-refractivity contribution in [2.45, 2.75) is 26.7 Å². The van der Waals surface area contributed by atoms with E-state index in [1.165, 1.54) is 0 Å². The fraction of sp³-hybridized carbons (Fsp3) is 0.261. The van der Waals surface area contributed by atoms with Crippen molar-refractivity contribution in [1.82, 2.24) is 15.8 Å². The molecule has 162 valence electrons. The van der Waals surface area contributed by atoms with E-state index in [4.69, 9.17) is 13.9 Å². The van der Waals surface area contributed by atoms with E-state index in [0.717, 1.165) is 22.4 Å². The lowest BCUT2D eigenvalue weighted by Crippen LogP contribution is -2.43. The molecule has 1 heterocycles. The number of nitrogens with one attached hydrogen (secondary N) is 2. The van der Waals surface area contributed by atoms with E-state index in [1.54, 1.807) is 19.4 Å². The molecule has 0 aliphatic rings.